The number of fused-ring (bicyclic) bond motifs is 4. The smallest absolute Gasteiger partial charge is 0.164 e. The van der Waals surface area contributed by atoms with Crippen LogP contribution < -0.4 is 0 Å². The van der Waals surface area contributed by atoms with Crippen molar-refractivity contribution in [3.8, 4) is 78.8 Å². The van der Waals surface area contributed by atoms with Gasteiger partial charge in [-0.3, -0.25) is 4.98 Å². The van der Waals surface area contributed by atoms with Crippen LogP contribution in [0.1, 0.15) is 25.5 Å². The first-order valence-corrected chi connectivity index (χ1v) is 21.4. The first-order chi connectivity index (χ1) is 31.0. The molecule has 0 atom stereocenters. The van der Waals surface area contributed by atoms with Gasteiger partial charge < -0.3 is 0 Å². The van der Waals surface area contributed by atoms with Crippen LogP contribution in [0.4, 0.5) is 0 Å². The minimum Gasteiger partial charge on any atom is -0.250 e. The molecular weight excluding hydrogens is 767 g/mol. The molecule has 298 valence electrons. The van der Waals surface area contributed by atoms with E-state index >= 15 is 0 Å². The van der Waals surface area contributed by atoms with Gasteiger partial charge in [-0.2, -0.15) is 0 Å². The average Bonchev–Trinajstić information content (AvgIpc) is 3.36. The Balaban J connectivity index is 0.938. The van der Waals surface area contributed by atoms with Crippen molar-refractivity contribution in [2.75, 3.05) is 0 Å². The fraction of sp³-hybridized carbons (Fsp3) is 0.0517. The molecule has 63 heavy (non-hydrogen) atoms. The highest BCUT2D eigenvalue weighted by atomic mass is 15.0. The topological polar surface area (TPSA) is 64.5 Å². The van der Waals surface area contributed by atoms with Crippen LogP contribution in [0.2, 0.25) is 0 Å². The van der Waals surface area contributed by atoms with E-state index in [0.29, 0.717) is 17.5 Å². The Morgan fingerprint density at radius 2 is 0.794 bits per heavy atom. The van der Waals surface area contributed by atoms with Crippen molar-refractivity contribution in [1.29, 1.82) is 0 Å². The summed E-state index contributed by atoms with van der Waals surface area (Å²) in [6, 6.07) is 72.1. The predicted molar refractivity (Wildman–Crippen MR) is 260 cm³/mol. The van der Waals surface area contributed by atoms with Crippen LogP contribution in [0, 0.1) is 0 Å². The number of benzene rings is 8. The molecule has 0 fully saturated rings. The van der Waals surface area contributed by atoms with Gasteiger partial charge in [0.1, 0.15) is 0 Å². The summed E-state index contributed by atoms with van der Waals surface area (Å²) in [6.07, 6.45) is 0. The fourth-order valence-corrected chi connectivity index (χ4v) is 8.41. The van der Waals surface area contributed by atoms with Gasteiger partial charge in [-0.25, -0.2) is 19.9 Å². The molecule has 0 aliphatic heterocycles. The molecule has 0 spiro atoms. The molecule has 8 aromatic carbocycles. The molecule has 5 nitrogen and oxygen atoms in total. The maximum atomic E-state index is 5.35. The van der Waals surface area contributed by atoms with E-state index in [1.165, 1.54) is 27.5 Å². The van der Waals surface area contributed by atoms with E-state index in [0.717, 1.165) is 72.1 Å². The Morgan fingerprint density at radius 1 is 0.302 bits per heavy atom. The van der Waals surface area contributed by atoms with Gasteiger partial charge in [-0.05, 0) is 74.3 Å². The zero-order valence-corrected chi connectivity index (χ0v) is 34.9. The van der Waals surface area contributed by atoms with E-state index in [-0.39, 0.29) is 5.92 Å². The number of hydrogen-bond donors (Lipinski definition) is 0. The highest BCUT2D eigenvalue weighted by Crippen LogP contribution is 2.37. The Kier molecular flexibility index (Phi) is 9.63. The first-order valence-electron chi connectivity index (χ1n) is 21.4. The normalized spacial score (nSPS) is 11.5. The Morgan fingerprint density at radius 3 is 1.46 bits per heavy atom. The summed E-state index contributed by atoms with van der Waals surface area (Å²) in [6.45, 7) is 4.41. The van der Waals surface area contributed by atoms with Gasteiger partial charge in [0.25, 0.3) is 0 Å². The zero-order valence-electron chi connectivity index (χ0n) is 34.9. The first kappa shape index (κ1) is 37.8. The summed E-state index contributed by atoms with van der Waals surface area (Å²) in [7, 11) is 0. The fourth-order valence-electron chi connectivity index (χ4n) is 8.41. The molecule has 11 aromatic rings. The summed E-state index contributed by atoms with van der Waals surface area (Å²) in [5.74, 6) is 2.14. The quantitative estimate of drug-likeness (QED) is 0.143. The monoisotopic (exact) mass is 807 g/mol. The van der Waals surface area contributed by atoms with E-state index in [1.807, 2.05) is 36.4 Å². The molecule has 0 saturated heterocycles. The molecule has 5 heteroatoms. The molecule has 0 aliphatic carbocycles. The maximum Gasteiger partial charge on any atom is 0.164 e. The molecule has 0 bridgehead atoms. The minimum absolute atomic E-state index is 0.255. The highest BCUT2D eigenvalue weighted by Gasteiger charge is 2.17. The van der Waals surface area contributed by atoms with E-state index < -0.39 is 0 Å². The zero-order chi connectivity index (χ0) is 42.3. The lowest BCUT2D eigenvalue weighted by molar-refractivity contribution is 0.831. The number of hydrogen-bond acceptors (Lipinski definition) is 5. The Labute approximate surface area is 366 Å². The molecule has 3 heterocycles. The number of pyridine rings is 2. The molecule has 0 saturated carbocycles. The summed E-state index contributed by atoms with van der Waals surface area (Å²) in [5.41, 5.74) is 14.5. The highest BCUT2D eigenvalue weighted by molar-refractivity contribution is 6.09. The van der Waals surface area contributed by atoms with Gasteiger partial charge in [0.05, 0.1) is 16.7 Å². The number of rotatable bonds is 8. The van der Waals surface area contributed by atoms with Crippen LogP contribution in [0.3, 0.4) is 0 Å². The molecule has 3 aromatic heterocycles. The lowest BCUT2D eigenvalue weighted by atomic mass is 9.94. The van der Waals surface area contributed by atoms with Crippen molar-refractivity contribution in [2.24, 2.45) is 0 Å². The maximum absolute atomic E-state index is 5.35. The van der Waals surface area contributed by atoms with Crippen molar-refractivity contribution in [3.63, 3.8) is 0 Å². The van der Waals surface area contributed by atoms with Gasteiger partial charge in [-0.15, -0.1) is 0 Å². The molecule has 0 radical (unpaired) electrons. The minimum atomic E-state index is 0.255. The van der Waals surface area contributed by atoms with Crippen LogP contribution in [-0.4, -0.2) is 24.9 Å². The summed E-state index contributed by atoms with van der Waals surface area (Å²) in [5, 5.41) is 4.62. The molecular formula is C58H41N5. The molecule has 0 unspecified atom stereocenters. The number of nitrogens with zero attached hydrogens (tertiary/aromatic N) is 5. The SMILES string of the molecule is CC(C)c1cc(-c2ccc3ccccc3c2)c2ccc3ccc(-c4cccc(-c5ccc(-c6nc(-c7ccccc7)nc(-c7ccc(-c8ccccc8)cc7)n6)cc5)c4)nc3c2n1. The van der Waals surface area contributed by atoms with Crippen LogP contribution >= 0.6 is 0 Å². The van der Waals surface area contributed by atoms with Crippen molar-refractivity contribution >= 4 is 32.6 Å². The molecule has 0 amide bonds. The second-order valence-electron chi connectivity index (χ2n) is 16.3. The number of aromatic nitrogens is 5. The van der Waals surface area contributed by atoms with Crippen molar-refractivity contribution in [1.82, 2.24) is 24.9 Å². The van der Waals surface area contributed by atoms with Crippen molar-refractivity contribution < 1.29 is 0 Å². The van der Waals surface area contributed by atoms with Gasteiger partial charge in [-0.1, -0.05) is 196 Å². The average molecular weight is 808 g/mol. The molecule has 11 rings (SSSR count). The Hall–Kier alpha value is -8.15. The lowest BCUT2D eigenvalue weighted by Gasteiger charge is -2.15. The third-order valence-corrected chi connectivity index (χ3v) is 11.9. The van der Waals surface area contributed by atoms with Gasteiger partial charge in [0.2, 0.25) is 0 Å². The van der Waals surface area contributed by atoms with Crippen molar-refractivity contribution in [2.45, 2.75) is 19.8 Å². The van der Waals surface area contributed by atoms with Crippen molar-refractivity contribution in [3.05, 3.63) is 212 Å². The van der Waals surface area contributed by atoms with Gasteiger partial charge >= 0.3 is 0 Å². The largest absolute Gasteiger partial charge is 0.250 e. The van der Waals surface area contributed by atoms with Crippen LogP contribution in [-0.2, 0) is 0 Å². The third-order valence-electron chi connectivity index (χ3n) is 11.9. The van der Waals surface area contributed by atoms with Gasteiger partial charge in [0, 0.05) is 38.7 Å². The predicted octanol–water partition coefficient (Wildman–Crippen LogP) is 14.9. The van der Waals surface area contributed by atoms with Crippen LogP contribution in [0.25, 0.3) is 111 Å². The van der Waals surface area contributed by atoms with Crippen LogP contribution in [0.15, 0.2) is 206 Å². The van der Waals surface area contributed by atoms with E-state index in [4.69, 9.17) is 24.9 Å². The summed E-state index contributed by atoms with van der Waals surface area (Å²) >= 11 is 0. The van der Waals surface area contributed by atoms with E-state index in [2.05, 4.69) is 184 Å². The van der Waals surface area contributed by atoms with E-state index in [9.17, 15) is 0 Å². The summed E-state index contributed by atoms with van der Waals surface area (Å²) in [4.78, 5) is 25.6. The molecule has 0 aliphatic rings. The Bertz CT molecular complexity index is 3450. The standard InChI is InChI=1S/C58H41N5/c1-37(2)53-36-51(48-29-24-39-14-9-10-17-46(39)34-48)50-32-30-42-31-33-52(59-54(42)55(50)60-53)49-19-11-18-47(35-49)41-22-27-45(28-23-41)58-62-56(43-15-7-4-8-16-43)61-57(63-58)44-25-20-40(21-26-44)38-12-5-3-6-13-38/h3-37H,1-2H3. The lowest BCUT2D eigenvalue weighted by Crippen LogP contribution is -2.00. The third kappa shape index (κ3) is 7.40. The van der Waals surface area contributed by atoms with E-state index in [1.54, 1.807) is 0 Å². The second kappa shape index (κ2) is 16.0. The van der Waals surface area contributed by atoms with Crippen LogP contribution in [0.5, 0.6) is 0 Å². The second-order valence-corrected chi connectivity index (χ2v) is 16.3. The van der Waals surface area contributed by atoms with Gasteiger partial charge in [0.15, 0.2) is 17.5 Å². The summed E-state index contributed by atoms with van der Waals surface area (Å²) < 4.78 is 0. The molecule has 0 N–H and O–H groups in total.